The van der Waals surface area contributed by atoms with E-state index in [-0.39, 0.29) is 4.92 Å². The molecule has 0 fully saturated rings. The van der Waals surface area contributed by atoms with Gasteiger partial charge in [-0.2, -0.15) is 0 Å². The third-order valence-corrected chi connectivity index (χ3v) is 2.86. The van der Waals surface area contributed by atoms with E-state index in [0.717, 1.165) is 5.92 Å². The maximum atomic E-state index is 2.46. The summed E-state index contributed by atoms with van der Waals surface area (Å²) < 4.78 is 0. The van der Waals surface area contributed by atoms with Crippen LogP contribution in [0, 0.1) is 11.3 Å². The van der Waals surface area contributed by atoms with Gasteiger partial charge in [-0.15, -0.1) is 0 Å². The Morgan fingerprint density at radius 2 is 1.73 bits per heavy atom. The van der Waals surface area contributed by atoms with E-state index in [4.69, 9.17) is 0 Å². The van der Waals surface area contributed by atoms with E-state index in [1.165, 1.54) is 19.3 Å². The van der Waals surface area contributed by atoms with Gasteiger partial charge < -0.3 is 0 Å². The van der Waals surface area contributed by atoms with E-state index in [0.29, 0.717) is 5.41 Å². The third-order valence-electron chi connectivity index (χ3n) is 2.86. The zero-order chi connectivity index (χ0) is 12.1. The second-order valence-electron chi connectivity index (χ2n) is 5.08. The SMILES string of the molecule is CC1=CCC(C(C)(C)C)CC1.[I][V]([I])[I]. The van der Waals surface area contributed by atoms with Crippen LogP contribution in [0.1, 0.15) is 47.0 Å². The van der Waals surface area contributed by atoms with Crippen molar-refractivity contribution in [1.82, 2.24) is 0 Å². The van der Waals surface area contributed by atoms with Crippen LogP contribution in [0.5, 0.6) is 0 Å². The minimum atomic E-state index is -0.278. The number of hydrogen-bond donors (Lipinski definition) is 0. The Balaban J connectivity index is 0.000000423. The average molecular weight is 584 g/mol. The summed E-state index contributed by atoms with van der Waals surface area (Å²) in [6, 6.07) is 0. The van der Waals surface area contributed by atoms with Gasteiger partial charge in [0.1, 0.15) is 0 Å². The zero-order valence-corrected chi connectivity index (χ0v) is 17.7. The van der Waals surface area contributed by atoms with Gasteiger partial charge in [-0.25, -0.2) is 0 Å². The van der Waals surface area contributed by atoms with Crippen molar-refractivity contribution in [3.8, 4) is 0 Å². The first kappa shape index (κ1) is 17.5. The maximum absolute atomic E-state index is 2.46. The Bertz CT molecular complexity index is 204. The van der Waals surface area contributed by atoms with Gasteiger partial charge in [0, 0.05) is 0 Å². The van der Waals surface area contributed by atoms with Crippen LogP contribution in [0.4, 0.5) is 0 Å². The Hall–Kier alpha value is 2.51. The summed E-state index contributed by atoms with van der Waals surface area (Å²) in [6.07, 6.45) is 6.43. The van der Waals surface area contributed by atoms with E-state index in [2.05, 4.69) is 93.7 Å². The van der Waals surface area contributed by atoms with E-state index >= 15 is 0 Å². The van der Waals surface area contributed by atoms with Crippen LogP contribution in [0.15, 0.2) is 11.6 Å². The van der Waals surface area contributed by atoms with Crippen LogP contribution in [-0.4, -0.2) is 0 Å². The van der Waals surface area contributed by atoms with Crippen LogP contribution in [-0.2, 0) is 4.92 Å². The number of rotatable bonds is 0. The monoisotopic (exact) mass is 584 g/mol. The molecule has 0 aromatic carbocycles. The van der Waals surface area contributed by atoms with E-state index in [1.54, 1.807) is 5.57 Å². The normalized spacial score (nSPS) is 21.9. The molecule has 1 atom stereocenters. The molecule has 0 saturated carbocycles. The quantitative estimate of drug-likeness (QED) is 0.228. The molecule has 0 bridgehead atoms. The molecule has 0 heterocycles. The molecule has 1 rings (SSSR count). The Labute approximate surface area is 133 Å². The molecule has 0 N–H and O–H groups in total. The van der Waals surface area contributed by atoms with Crippen LogP contribution in [0.2, 0.25) is 0 Å². The Morgan fingerprint density at radius 1 is 1.27 bits per heavy atom. The van der Waals surface area contributed by atoms with E-state index < -0.39 is 0 Å². The van der Waals surface area contributed by atoms with E-state index in [9.17, 15) is 0 Å². The van der Waals surface area contributed by atoms with Gasteiger partial charge in [-0.3, -0.25) is 0 Å². The molecule has 1 unspecified atom stereocenters. The summed E-state index contributed by atoms with van der Waals surface area (Å²) in [5, 5.41) is 0. The fourth-order valence-corrected chi connectivity index (χ4v) is 1.75. The minimum absolute atomic E-state index is 0.278. The molecule has 4 heteroatoms. The van der Waals surface area contributed by atoms with Crippen LogP contribution >= 0.6 is 59.9 Å². The standard InChI is InChI=1S/C11H20.3HI.V/c1-9-5-7-10(8-6-9)11(2,3)4;;;;/h5,10H,6-8H2,1-4H3;3*1H;/q;;;;+3/p-3. The Kier molecular flexibility index (Phi) is 10.0. The van der Waals surface area contributed by atoms with Crippen molar-refractivity contribution in [2.24, 2.45) is 11.3 Å². The third kappa shape index (κ3) is 10.1. The fourth-order valence-electron chi connectivity index (χ4n) is 1.75. The first-order chi connectivity index (χ1) is 6.73. The van der Waals surface area contributed by atoms with Crippen molar-refractivity contribution in [3.05, 3.63) is 11.6 Å². The van der Waals surface area contributed by atoms with Gasteiger partial charge in [-0.1, -0.05) is 32.4 Å². The summed E-state index contributed by atoms with van der Waals surface area (Å²) in [6.45, 7) is 9.31. The van der Waals surface area contributed by atoms with Crippen molar-refractivity contribution < 1.29 is 4.92 Å². The summed E-state index contributed by atoms with van der Waals surface area (Å²) in [4.78, 5) is -0.278. The van der Waals surface area contributed by atoms with Gasteiger partial charge in [0.15, 0.2) is 0 Å². The zero-order valence-electron chi connectivity index (χ0n) is 9.86. The van der Waals surface area contributed by atoms with Crippen molar-refractivity contribution in [1.29, 1.82) is 0 Å². The second-order valence-corrected chi connectivity index (χ2v) is 40.4. The summed E-state index contributed by atoms with van der Waals surface area (Å²) in [5.74, 6) is 0.909. The first-order valence-electron chi connectivity index (χ1n) is 5.16. The fraction of sp³-hybridized carbons (Fsp3) is 0.818. The van der Waals surface area contributed by atoms with Crippen molar-refractivity contribution in [2.75, 3.05) is 0 Å². The predicted octanol–water partition coefficient (Wildman–Crippen LogP) is 6.43. The van der Waals surface area contributed by atoms with Gasteiger partial charge in [0.05, 0.1) is 0 Å². The first-order valence-corrected chi connectivity index (χ1v) is 18.7. The Morgan fingerprint density at radius 3 is 2.00 bits per heavy atom. The van der Waals surface area contributed by atoms with Crippen LogP contribution < -0.4 is 0 Å². The van der Waals surface area contributed by atoms with Gasteiger partial charge >= 0.3 is 64.9 Å². The molecule has 15 heavy (non-hydrogen) atoms. The molecular weight excluding hydrogens is 564 g/mol. The predicted molar refractivity (Wildman–Crippen MR) is 92.6 cm³/mol. The molecular formula is C11H20I3V. The average Bonchev–Trinajstić information content (AvgIpc) is 2.01. The second kappa shape index (κ2) is 8.59. The molecule has 0 aromatic heterocycles. The number of halogens is 3. The molecule has 0 radical (unpaired) electrons. The molecule has 0 spiro atoms. The molecule has 1 aliphatic carbocycles. The molecule has 0 nitrogen and oxygen atoms in total. The summed E-state index contributed by atoms with van der Waals surface area (Å²) in [7, 11) is 0. The van der Waals surface area contributed by atoms with Crippen molar-refractivity contribution in [2.45, 2.75) is 47.0 Å². The van der Waals surface area contributed by atoms with Crippen LogP contribution in [0.25, 0.3) is 0 Å². The van der Waals surface area contributed by atoms with E-state index in [1.807, 2.05) is 0 Å². The van der Waals surface area contributed by atoms with Crippen molar-refractivity contribution >= 4 is 59.9 Å². The number of allylic oxidation sites excluding steroid dienone is 2. The van der Waals surface area contributed by atoms with Gasteiger partial charge in [0.25, 0.3) is 0 Å². The molecule has 0 aromatic rings. The summed E-state index contributed by atoms with van der Waals surface area (Å²) in [5.41, 5.74) is 2.10. The molecule has 1 aliphatic rings. The molecule has 0 amide bonds. The summed E-state index contributed by atoms with van der Waals surface area (Å²) >= 11 is 7.39. The van der Waals surface area contributed by atoms with Gasteiger partial charge in [0.2, 0.25) is 0 Å². The number of hydrogen-bond acceptors (Lipinski definition) is 0. The molecule has 0 saturated heterocycles. The molecule has 0 aliphatic heterocycles. The van der Waals surface area contributed by atoms with Crippen molar-refractivity contribution in [3.63, 3.8) is 0 Å². The van der Waals surface area contributed by atoms with Gasteiger partial charge in [-0.05, 0) is 37.5 Å². The topological polar surface area (TPSA) is 0 Å². The molecule has 90 valence electrons. The van der Waals surface area contributed by atoms with Crippen LogP contribution in [0.3, 0.4) is 0 Å².